The lowest BCUT2D eigenvalue weighted by Gasteiger charge is -2.16. The molecular formula is C13H11NO. The molecule has 0 radical (unpaired) electrons. The van der Waals surface area contributed by atoms with Gasteiger partial charge in [-0.1, -0.05) is 18.2 Å². The average Bonchev–Trinajstić information content (AvgIpc) is 2.86. The number of allylic oxidation sites excluding steroid dienone is 2. The van der Waals surface area contributed by atoms with E-state index in [0.29, 0.717) is 5.92 Å². The van der Waals surface area contributed by atoms with E-state index in [1.807, 2.05) is 12.1 Å². The lowest BCUT2D eigenvalue weighted by Crippen LogP contribution is -2.01. The van der Waals surface area contributed by atoms with E-state index in [9.17, 15) is 0 Å². The molecule has 0 fully saturated rings. The van der Waals surface area contributed by atoms with Gasteiger partial charge < -0.3 is 4.74 Å². The maximum atomic E-state index is 9.02. The summed E-state index contributed by atoms with van der Waals surface area (Å²) < 4.78 is 5.37. The molecule has 2 aliphatic carbocycles. The maximum absolute atomic E-state index is 9.02. The highest BCUT2D eigenvalue weighted by molar-refractivity contribution is 5.59. The summed E-state index contributed by atoms with van der Waals surface area (Å²) in [4.78, 5) is 0. The zero-order valence-electron chi connectivity index (χ0n) is 8.53. The fourth-order valence-electron chi connectivity index (χ4n) is 2.82. The lowest BCUT2D eigenvalue weighted by molar-refractivity contribution is 0.408. The van der Waals surface area contributed by atoms with Crippen molar-refractivity contribution in [2.24, 2.45) is 0 Å². The first-order valence-corrected chi connectivity index (χ1v) is 5.13. The van der Waals surface area contributed by atoms with Gasteiger partial charge in [0.25, 0.3) is 0 Å². The highest BCUT2D eigenvalue weighted by atomic mass is 16.5. The molecule has 2 nitrogen and oxygen atoms in total. The van der Waals surface area contributed by atoms with Crippen molar-refractivity contribution in [1.82, 2.24) is 0 Å². The molecule has 2 bridgehead atoms. The highest BCUT2D eigenvalue weighted by Crippen LogP contribution is 2.54. The number of hydrogen-bond acceptors (Lipinski definition) is 2. The van der Waals surface area contributed by atoms with Crippen LogP contribution in [0.25, 0.3) is 0 Å². The van der Waals surface area contributed by atoms with Gasteiger partial charge in [-0.2, -0.15) is 5.26 Å². The van der Waals surface area contributed by atoms with Gasteiger partial charge in [-0.25, -0.2) is 0 Å². The fraction of sp³-hybridized carbons (Fsp3) is 0.308. The Bertz CT molecular complexity index is 496. The number of benzene rings is 1. The summed E-state index contributed by atoms with van der Waals surface area (Å²) in [5.74, 6) is 1.65. The van der Waals surface area contributed by atoms with Gasteiger partial charge in [-0.15, -0.1) is 0 Å². The van der Waals surface area contributed by atoms with Crippen LogP contribution in [0.5, 0.6) is 5.75 Å². The Morgan fingerprint density at radius 1 is 1.47 bits per heavy atom. The Hall–Kier alpha value is -1.75. The molecule has 0 amide bonds. The van der Waals surface area contributed by atoms with Gasteiger partial charge in [-0.3, -0.25) is 0 Å². The van der Waals surface area contributed by atoms with Crippen LogP contribution in [0, 0.1) is 11.3 Å². The summed E-state index contributed by atoms with van der Waals surface area (Å²) in [6.07, 6.45) is 3.16. The van der Waals surface area contributed by atoms with E-state index < -0.39 is 0 Å². The van der Waals surface area contributed by atoms with E-state index in [1.165, 1.54) is 11.1 Å². The third-order valence-electron chi connectivity index (χ3n) is 3.44. The first-order chi connectivity index (χ1) is 7.35. The van der Waals surface area contributed by atoms with Crippen LogP contribution in [-0.4, -0.2) is 7.11 Å². The predicted octanol–water partition coefficient (Wildman–Crippen LogP) is 2.73. The van der Waals surface area contributed by atoms with Crippen LogP contribution in [0.2, 0.25) is 0 Å². The zero-order chi connectivity index (χ0) is 10.4. The number of methoxy groups -OCH3 is 1. The topological polar surface area (TPSA) is 33.0 Å². The van der Waals surface area contributed by atoms with E-state index in [2.05, 4.69) is 18.2 Å². The Morgan fingerprint density at radius 3 is 3.07 bits per heavy atom. The van der Waals surface area contributed by atoms with Crippen LogP contribution in [-0.2, 0) is 0 Å². The number of rotatable bonds is 1. The minimum absolute atomic E-state index is 0.283. The summed E-state index contributed by atoms with van der Waals surface area (Å²) >= 11 is 0. The second-order valence-corrected chi connectivity index (χ2v) is 4.09. The van der Waals surface area contributed by atoms with Gasteiger partial charge >= 0.3 is 0 Å². The molecule has 1 aromatic rings. The average molecular weight is 197 g/mol. The number of fused-ring (bicyclic) bond motifs is 5. The molecule has 3 rings (SSSR count). The molecule has 1 aromatic carbocycles. The van der Waals surface area contributed by atoms with Crippen molar-refractivity contribution in [3.05, 3.63) is 41.0 Å². The standard InChI is InChI=1S/C13H11NO/c1-15-12-4-2-3-10-8-5-9(7-14)11(6-8)13(10)12/h2-5,8,11H,6H2,1H3. The number of nitriles is 1. The number of ether oxygens (including phenoxy) is 1. The largest absolute Gasteiger partial charge is 0.496 e. The van der Waals surface area contributed by atoms with E-state index in [-0.39, 0.29) is 5.92 Å². The molecule has 0 saturated heterocycles. The second kappa shape index (κ2) is 2.87. The van der Waals surface area contributed by atoms with E-state index in [0.717, 1.165) is 17.7 Å². The smallest absolute Gasteiger partial charge is 0.122 e. The third kappa shape index (κ3) is 0.979. The van der Waals surface area contributed by atoms with E-state index >= 15 is 0 Å². The van der Waals surface area contributed by atoms with Crippen molar-refractivity contribution in [2.75, 3.05) is 7.11 Å². The second-order valence-electron chi connectivity index (χ2n) is 4.09. The Labute approximate surface area is 88.8 Å². The Balaban J connectivity index is 2.19. The molecule has 2 unspecified atom stereocenters. The van der Waals surface area contributed by atoms with Gasteiger partial charge in [0.1, 0.15) is 5.75 Å². The van der Waals surface area contributed by atoms with Gasteiger partial charge in [0.15, 0.2) is 0 Å². The molecule has 0 aliphatic heterocycles. The molecular weight excluding hydrogens is 186 g/mol. The monoisotopic (exact) mass is 197 g/mol. The first kappa shape index (κ1) is 8.55. The van der Waals surface area contributed by atoms with Crippen molar-refractivity contribution in [1.29, 1.82) is 5.26 Å². The highest BCUT2D eigenvalue weighted by Gasteiger charge is 2.39. The quantitative estimate of drug-likeness (QED) is 0.693. The molecule has 2 heteroatoms. The summed E-state index contributed by atoms with van der Waals surface area (Å²) in [5, 5.41) is 9.02. The molecule has 0 saturated carbocycles. The van der Waals surface area contributed by atoms with Gasteiger partial charge in [-0.05, 0) is 18.1 Å². The number of nitrogens with zero attached hydrogens (tertiary/aromatic N) is 1. The predicted molar refractivity (Wildman–Crippen MR) is 56.8 cm³/mol. The SMILES string of the molecule is COc1cccc2c1C1CC2C=C1C#N. The zero-order valence-corrected chi connectivity index (χ0v) is 8.53. The number of hydrogen-bond donors (Lipinski definition) is 0. The van der Waals surface area contributed by atoms with Crippen molar-refractivity contribution in [3.63, 3.8) is 0 Å². The van der Waals surface area contributed by atoms with Crippen LogP contribution >= 0.6 is 0 Å². The summed E-state index contributed by atoms with van der Waals surface area (Å²) in [6.45, 7) is 0. The summed E-state index contributed by atoms with van der Waals surface area (Å²) in [6, 6.07) is 8.45. The normalized spacial score (nSPS) is 25.7. The lowest BCUT2D eigenvalue weighted by atomic mass is 9.91. The molecule has 0 aromatic heterocycles. The molecule has 2 aliphatic rings. The molecule has 0 heterocycles. The first-order valence-electron chi connectivity index (χ1n) is 5.13. The van der Waals surface area contributed by atoms with Crippen LogP contribution in [0.1, 0.15) is 29.4 Å². The van der Waals surface area contributed by atoms with Crippen molar-refractivity contribution in [3.8, 4) is 11.8 Å². The third-order valence-corrected chi connectivity index (χ3v) is 3.44. The molecule has 74 valence electrons. The van der Waals surface area contributed by atoms with E-state index in [4.69, 9.17) is 10.00 Å². The molecule has 15 heavy (non-hydrogen) atoms. The molecule has 0 spiro atoms. The molecule has 0 N–H and O–H groups in total. The van der Waals surface area contributed by atoms with E-state index in [1.54, 1.807) is 7.11 Å². The van der Waals surface area contributed by atoms with Crippen molar-refractivity contribution >= 4 is 0 Å². The molecule has 2 atom stereocenters. The fourth-order valence-corrected chi connectivity index (χ4v) is 2.82. The van der Waals surface area contributed by atoms with Crippen molar-refractivity contribution in [2.45, 2.75) is 18.3 Å². The Morgan fingerprint density at radius 2 is 2.33 bits per heavy atom. The van der Waals surface area contributed by atoms with Gasteiger partial charge in [0.05, 0.1) is 13.2 Å². The van der Waals surface area contributed by atoms with Crippen LogP contribution in [0.4, 0.5) is 0 Å². The minimum atomic E-state index is 0.283. The van der Waals surface area contributed by atoms with Crippen LogP contribution in [0.3, 0.4) is 0 Å². The van der Waals surface area contributed by atoms with Crippen molar-refractivity contribution < 1.29 is 4.74 Å². The van der Waals surface area contributed by atoms with Crippen LogP contribution in [0.15, 0.2) is 29.8 Å². The minimum Gasteiger partial charge on any atom is -0.496 e. The van der Waals surface area contributed by atoms with Crippen LogP contribution < -0.4 is 4.74 Å². The Kier molecular flexibility index (Phi) is 1.63. The van der Waals surface area contributed by atoms with Gasteiger partial charge in [0, 0.05) is 23.0 Å². The maximum Gasteiger partial charge on any atom is 0.122 e. The summed E-state index contributed by atoms with van der Waals surface area (Å²) in [5.41, 5.74) is 3.50. The van der Waals surface area contributed by atoms with Gasteiger partial charge in [0.2, 0.25) is 0 Å². The summed E-state index contributed by atoms with van der Waals surface area (Å²) in [7, 11) is 1.69.